The summed E-state index contributed by atoms with van der Waals surface area (Å²) in [5, 5.41) is 3.41. The number of ether oxygens (including phenoxy) is 2. The van der Waals surface area contributed by atoms with Crippen molar-refractivity contribution in [3.05, 3.63) is 35.9 Å². The molecule has 1 N–H and O–H groups in total. The molecule has 0 aromatic heterocycles. The van der Waals surface area contributed by atoms with Gasteiger partial charge in [-0.15, -0.1) is 0 Å². The standard InChI is InChI=1S/C22H35N3O3/c1-3-23-22(24-14-9-5-8-12-21(26)27-2)25-15-13-20(16-25)18-28-17-19-10-6-4-7-11-19/h4,6-7,10-11,20H,3,5,8-9,12-18H2,1-2H3,(H,23,24). The Morgan fingerprint density at radius 1 is 1.25 bits per heavy atom. The number of nitrogens with one attached hydrogen (secondary N) is 1. The van der Waals surface area contributed by atoms with Crippen LogP contribution in [0.25, 0.3) is 0 Å². The molecule has 0 aliphatic carbocycles. The van der Waals surface area contributed by atoms with E-state index in [9.17, 15) is 4.79 Å². The summed E-state index contributed by atoms with van der Waals surface area (Å²) in [4.78, 5) is 18.2. The Morgan fingerprint density at radius 3 is 2.82 bits per heavy atom. The maximum Gasteiger partial charge on any atom is 0.305 e. The lowest BCUT2D eigenvalue weighted by molar-refractivity contribution is -0.140. The van der Waals surface area contributed by atoms with Crippen LogP contribution in [-0.4, -0.2) is 56.7 Å². The molecule has 0 radical (unpaired) electrons. The fourth-order valence-corrected chi connectivity index (χ4v) is 3.35. The largest absolute Gasteiger partial charge is 0.469 e. The van der Waals surface area contributed by atoms with Gasteiger partial charge in [-0.1, -0.05) is 36.8 Å². The molecule has 1 atom stereocenters. The fourth-order valence-electron chi connectivity index (χ4n) is 3.35. The van der Waals surface area contributed by atoms with E-state index in [1.165, 1.54) is 12.7 Å². The molecule has 1 unspecified atom stereocenters. The molecule has 1 saturated heterocycles. The second-order valence-corrected chi connectivity index (χ2v) is 7.22. The molecule has 0 amide bonds. The predicted octanol–water partition coefficient (Wildman–Crippen LogP) is 3.22. The number of likely N-dealkylation sites (tertiary alicyclic amines) is 1. The van der Waals surface area contributed by atoms with Crippen molar-refractivity contribution >= 4 is 11.9 Å². The summed E-state index contributed by atoms with van der Waals surface area (Å²) in [7, 11) is 1.44. The number of carbonyl (C=O) groups is 1. The number of hydrogen-bond donors (Lipinski definition) is 1. The van der Waals surface area contributed by atoms with Gasteiger partial charge < -0.3 is 19.7 Å². The number of hydrogen-bond acceptors (Lipinski definition) is 4. The number of benzene rings is 1. The molecule has 6 nitrogen and oxygen atoms in total. The van der Waals surface area contributed by atoms with E-state index in [1.54, 1.807) is 0 Å². The van der Waals surface area contributed by atoms with Crippen LogP contribution >= 0.6 is 0 Å². The summed E-state index contributed by atoms with van der Waals surface area (Å²) in [5.41, 5.74) is 1.22. The van der Waals surface area contributed by atoms with Crippen molar-refractivity contribution in [2.75, 3.05) is 39.9 Å². The minimum Gasteiger partial charge on any atom is -0.469 e. The Labute approximate surface area is 169 Å². The van der Waals surface area contributed by atoms with Crippen LogP contribution in [0.3, 0.4) is 0 Å². The van der Waals surface area contributed by atoms with E-state index in [2.05, 4.69) is 34.0 Å². The third-order valence-electron chi connectivity index (χ3n) is 4.91. The molecule has 1 heterocycles. The van der Waals surface area contributed by atoms with Crippen molar-refractivity contribution in [1.82, 2.24) is 10.2 Å². The molecule has 0 saturated carbocycles. The number of rotatable bonds is 11. The third kappa shape index (κ3) is 8.30. The van der Waals surface area contributed by atoms with Crippen LogP contribution in [0.4, 0.5) is 0 Å². The van der Waals surface area contributed by atoms with E-state index in [0.29, 0.717) is 18.9 Å². The quantitative estimate of drug-likeness (QED) is 0.272. The normalized spacial score (nSPS) is 17.0. The average Bonchev–Trinajstić information content (AvgIpc) is 3.19. The van der Waals surface area contributed by atoms with Gasteiger partial charge in [0, 0.05) is 38.5 Å². The Morgan fingerprint density at radius 2 is 2.07 bits per heavy atom. The van der Waals surface area contributed by atoms with Gasteiger partial charge in [0.05, 0.1) is 20.3 Å². The molecule has 156 valence electrons. The number of nitrogens with zero attached hydrogens (tertiary/aromatic N) is 2. The van der Waals surface area contributed by atoms with Crippen LogP contribution in [0.15, 0.2) is 35.3 Å². The van der Waals surface area contributed by atoms with Gasteiger partial charge in [0.25, 0.3) is 0 Å². The van der Waals surface area contributed by atoms with Gasteiger partial charge in [0.2, 0.25) is 0 Å². The summed E-state index contributed by atoms with van der Waals surface area (Å²) >= 11 is 0. The lowest BCUT2D eigenvalue weighted by atomic mass is 10.1. The van der Waals surface area contributed by atoms with E-state index < -0.39 is 0 Å². The first-order valence-corrected chi connectivity index (χ1v) is 10.4. The van der Waals surface area contributed by atoms with Crippen molar-refractivity contribution in [3.8, 4) is 0 Å². The van der Waals surface area contributed by atoms with Crippen LogP contribution in [0.1, 0.15) is 44.6 Å². The molecular formula is C22H35N3O3. The lowest BCUT2D eigenvalue weighted by Gasteiger charge is -2.21. The highest BCUT2D eigenvalue weighted by Gasteiger charge is 2.24. The first kappa shape index (κ1) is 22.2. The molecule has 0 bridgehead atoms. The monoisotopic (exact) mass is 389 g/mol. The number of guanidine groups is 1. The van der Waals surface area contributed by atoms with Gasteiger partial charge in [-0.05, 0) is 31.7 Å². The SMILES string of the molecule is CCNC(=NCCCCCC(=O)OC)N1CCC(COCc2ccccc2)C1. The van der Waals surface area contributed by atoms with Gasteiger partial charge >= 0.3 is 5.97 Å². The highest BCUT2D eigenvalue weighted by Crippen LogP contribution is 2.17. The topological polar surface area (TPSA) is 63.2 Å². The third-order valence-corrected chi connectivity index (χ3v) is 4.91. The van der Waals surface area contributed by atoms with E-state index in [1.807, 2.05) is 18.2 Å². The van der Waals surface area contributed by atoms with Crippen LogP contribution in [-0.2, 0) is 20.9 Å². The van der Waals surface area contributed by atoms with Gasteiger partial charge in [0.1, 0.15) is 0 Å². The van der Waals surface area contributed by atoms with Gasteiger partial charge in [-0.3, -0.25) is 9.79 Å². The summed E-state index contributed by atoms with van der Waals surface area (Å²) in [6.45, 7) is 7.23. The first-order chi connectivity index (χ1) is 13.7. The zero-order valence-corrected chi connectivity index (χ0v) is 17.4. The lowest BCUT2D eigenvalue weighted by Crippen LogP contribution is -2.40. The van der Waals surface area contributed by atoms with Crippen LogP contribution in [0, 0.1) is 5.92 Å². The smallest absolute Gasteiger partial charge is 0.305 e. The maximum atomic E-state index is 11.1. The molecular weight excluding hydrogens is 354 g/mol. The van der Waals surface area contributed by atoms with Crippen LogP contribution in [0.2, 0.25) is 0 Å². The Hall–Kier alpha value is -2.08. The molecule has 6 heteroatoms. The first-order valence-electron chi connectivity index (χ1n) is 10.4. The van der Waals surface area contributed by atoms with Crippen molar-refractivity contribution in [2.45, 2.75) is 45.6 Å². The fraction of sp³-hybridized carbons (Fsp3) is 0.636. The highest BCUT2D eigenvalue weighted by atomic mass is 16.5. The highest BCUT2D eigenvalue weighted by molar-refractivity contribution is 5.80. The van der Waals surface area contributed by atoms with Crippen LogP contribution in [0.5, 0.6) is 0 Å². The zero-order chi connectivity index (χ0) is 20.0. The predicted molar refractivity (Wildman–Crippen MR) is 112 cm³/mol. The van der Waals surface area contributed by atoms with Crippen molar-refractivity contribution in [2.24, 2.45) is 10.9 Å². The van der Waals surface area contributed by atoms with Gasteiger partial charge in [-0.2, -0.15) is 0 Å². The summed E-state index contributed by atoms with van der Waals surface area (Å²) in [5.74, 6) is 1.42. The summed E-state index contributed by atoms with van der Waals surface area (Å²) in [6.07, 6.45) is 4.48. The number of esters is 1. The van der Waals surface area contributed by atoms with E-state index >= 15 is 0 Å². The molecule has 1 aliphatic rings. The van der Waals surface area contributed by atoms with Gasteiger partial charge in [0.15, 0.2) is 5.96 Å². The van der Waals surface area contributed by atoms with Crippen molar-refractivity contribution in [1.29, 1.82) is 0 Å². The Bertz CT molecular complexity index is 592. The summed E-state index contributed by atoms with van der Waals surface area (Å²) < 4.78 is 10.6. The second-order valence-electron chi connectivity index (χ2n) is 7.22. The number of aliphatic imine (C=N–C) groups is 1. The molecule has 1 aromatic carbocycles. The Kier molecular flexibility index (Phi) is 10.4. The molecule has 0 spiro atoms. The second kappa shape index (κ2) is 13.2. The van der Waals surface area contributed by atoms with Crippen LogP contribution < -0.4 is 5.32 Å². The van der Waals surface area contributed by atoms with Crippen molar-refractivity contribution < 1.29 is 14.3 Å². The average molecular weight is 390 g/mol. The number of methoxy groups -OCH3 is 1. The zero-order valence-electron chi connectivity index (χ0n) is 17.4. The molecule has 1 aromatic rings. The molecule has 28 heavy (non-hydrogen) atoms. The van der Waals surface area contributed by atoms with E-state index in [-0.39, 0.29) is 5.97 Å². The van der Waals surface area contributed by atoms with E-state index in [4.69, 9.17) is 9.73 Å². The van der Waals surface area contributed by atoms with E-state index in [0.717, 1.165) is 64.4 Å². The molecule has 2 rings (SSSR count). The van der Waals surface area contributed by atoms with Gasteiger partial charge in [-0.25, -0.2) is 0 Å². The Balaban J connectivity index is 1.67. The maximum absolute atomic E-state index is 11.1. The minimum atomic E-state index is -0.130. The van der Waals surface area contributed by atoms with Crippen molar-refractivity contribution in [3.63, 3.8) is 0 Å². The molecule has 1 aliphatic heterocycles. The molecule has 1 fully saturated rings. The minimum absolute atomic E-state index is 0.130. The number of unbranched alkanes of at least 4 members (excludes halogenated alkanes) is 2. The number of carbonyl (C=O) groups excluding carboxylic acids is 1. The summed E-state index contributed by atoms with van der Waals surface area (Å²) in [6, 6.07) is 10.3.